The number of carbonyl (C=O) groups is 1. The highest BCUT2D eigenvalue weighted by molar-refractivity contribution is 7.80. The van der Waals surface area contributed by atoms with Gasteiger partial charge in [-0.3, -0.25) is 20.2 Å². The number of hydrogen-bond acceptors (Lipinski definition) is 6. The van der Waals surface area contributed by atoms with Gasteiger partial charge in [-0.1, -0.05) is 34.8 Å². The van der Waals surface area contributed by atoms with E-state index in [4.69, 9.17) is 51.8 Å². The van der Waals surface area contributed by atoms with E-state index in [1.54, 1.807) is 6.07 Å². The molecule has 2 aromatic carbocycles. The lowest BCUT2D eigenvalue weighted by Gasteiger charge is -2.28. The number of benzene rings is 2. The van der Waals surface area contributed by atoms with Crippen molar-refractivity contribution in [3.63, 3.8) is 0 Å². The number of nitro benzene ring substituents is 1. The molecule has 2 N–H and O–H groups in total. The van der Waals surface area contributed by atoms with Gasteiger partial charge in [-0.05, 0) is 36.5 Å². The minimum Gasteiger partial charge on any atom is -0.378 e. The van der Waals surface area contributed by atoms with Gasteiger partial charge in [0.1, 0.15) is 5.69 Å². The van der Waals surface area contributed by atoms with Crippen LogP contribution >= 0.6 is 47.0 Å². The van der Waals surface area contributed by atoms with Crippen LogP contribution in [-0.4, -0.2) is 42.2 Å². The third kappa shape index (κ3) is 5.30. The van der Waals surface area contributed by atoms with E-state index in [0.29, 0.717) is 37.7 Å². The summed E-state index contributed by atoms with van der Waals surface area (Å²) in [6, 6.07) is 7.17. The van der Waals surface area contributed by atoms with Crippen molar-refractivity contribution >= 4 is 75.1 Å². The first-order chi connectivity index (χ1) is 14.3. The quantitative estimate of drug-likeness (QED) is 0.282. The van der Waals surface area contributed by atoms with E-state index >= 15 is 0 Å². The van der Waals surface area contributed by atoms with Crippen molar-refractivity contribution in [2.24, 2.45) is 0 Å². The molecule has 3 rings (SSSR count). The Bertz CT molecular complexity index is 1020. The molecule has 0 saturated carbocycles. The molecule has 8 nitrogen and oxygen atoms in total. The first kappa shape index (κ1) is 22.5. The van der Waals surface area contributed by atoms with Crippen LogP contribution in [0.2, 0.25) is 15.1 Å². The molecule has 158 valence electrons. The first-order valence-corrected chi connectivity index (χ1v) is 10.2. The molecule has 1 amide bonds. The number of halogens is 3. The predicted octanol–water partition coefficient (Wildman–Crippen LogP) is 4.52. The minimum atomic E-state index is -0.611. The van der Waals surface area contributed by atoms with E-state index in [1.807, 2.05) is 4.90 Å². The lowest BCUT2D eigenvalue weighted by atomic mass is 10.1. The fourth-order valence-corrected chi connectivity index (χ4v) is 3.63. The summed E-state index contributed by atoms with van der Waals surface area (Å²) in [6.45, 7) is 2.03. The molecule has 0 atom stereocenters. The van der Waals surface area contributed by atoms with Crippen molar-refractivity contribution in [1.82, 2.24) is 5.32 Å². The van der Waals surface area contributed by atoms with Gasteiger partial charge >= 0.3 is 0 Å². The molecule has 1 heterocycles. The molecule has 12 heteroatoms. The number of nitro groups is 1. The zero-order valence-corrected chi connectivity index (χ0v) is 18.4. The number of thiocarbonyl (C=S) groups is 1. The standard InChI is InChI=1S/C18H15Cl3N4O4S/c19-11-8-13(21)14(9-12(11)20)22-18(30)23-17(26)10-1-2-15(16(7-10)25(27)28)24-3-5-29-6-4-24/h1-2,7-9H,3-6H2,(H2,22,23,26,30). The molecule has 0 aliphatic carbocycles. The summed E-state index contributed by atoms with van der Waals surface area (Å²) in [6.07, 6.45) is 0. The maximum atomic E-state index is 12.5. The Morgan fingerprint density at radius 2 is 1.77 bits per heavy atom. The lowest BCUT2D eigenvalue weighted by Crippen LogP contribution is -2.37. The van der Waals surface area contributed by atoms with E-state index in [1.165, 1.54) is 24.3 Å². The first-order valence-electron chi connectivity index (χ1n) is 8.64. The normalized spacial score (nSPS) is 13.6. The Balaban J connectivity index is 1.74. The summed E-state index contributed by atoms with van der Waals surface area (Å²) < 4.78 is 5.28. The van der Waals surface area contributed by atoms with E-state index in [2.05, 4.69) is 10.6 Å². The number of nitrogens with one attached hydrogen (secondary N) is 2. The average Bonchev–Trinajstić information content (AvgIpc) is 2.72. The summed E-state index contributed by atoms with van der Waals surface area (Å²) in [4.78, 5) is 25.4. The average molecular weight is 490 g/mol. The number of hydrogen-bond donors (Lipinski definition) is 2. The molecule has 2 aromatic rings. The van der Waals surface area contributed by atoms with Crippen molar-refractivity contribution in [3.05, 3.63) is 61.1 Å². The predicted molar refractivity (Wildman–Crippen MR) is 121 cm³/mol. The van der Waals surface area contributed by atoms with E-state index in [9.17, 15) is 14.9 Å². The van der Waals surface area contributed by atoms with Crippen LogP contribution in [0.4, 0.5) is 17.1 Å². The van der Waals surface area contributed by atoms with Gasteiger partial charge in [0.2, 0.25) is 0 Å². The summed E-state index contributed by atoms with van der Waals surface area (Å²) in [5, 5.41) is 17.5. The molecule has 1 aliphatic heterocycles. The summed E-state index contributed by atoms with van der Waals surface area (Å²) in [5.41, 5.74) is 0.701. The van der Waals surface area contributed by atoms with Crippen LogP contribution in [-0.2, 0) is 4.74 Å². The number of carbonyl (C=O) groups excluding carboxylic acids is 1. The second-order valence-electron chi connectivity index (χ2n) is 6.21. The van der Waals surface area contributed by atoms with Crippen LogP contribution in [0.5, 0.6) is 0 Å². The molecule has 0 aromatic heterocycles. The van der Waals surface area contributed by atoms with Crippen molar-refractivity contribution < 1.29 is 14.5 Å². The molecular formula is C18H15Cl3N4O4S. The zero-order valence-electron chi connectivity index (χ0n) is 15.3. The van der Waals surface area contributed by atoms with Crippen LogP contribution in [0, 0.1) is 10.1 Å². The highest BCUT2D eigenvalue weighted by Gasteiger charge is 2.23. The SMILES string of the molecule is O=C(NC(=S)Nc1cc(Cl)c(Cl)cc1Cl)c1ccc(N2CCOCC2)c([N+](=O)[O-])c1. The van der Waals surface area contributed by atoms with Crippen molar-refractivity contribution in [1.29, 1.82) is 0 Å². The van der Waals surface area contributed by atoms with Gasteiger partial charge in [-0.2, -0.15) is 0 Å². The van der Waals surface area contributed by atoms with Gasteiger partial charge in [0.15, 0.2) is 5.11 Å². The van der Waals surface area contributed by atoms with Gasteiger partial charge in [-0.15, -0.1) is 0 Å². The van der Waals surface area contributed by atoms with Gasteiger partial charge in [-0.25, -0.2) is 0 Å². The number of amides is 1. The maximum Gasteiger partial charge on any atom is 0.293 e. The van der Waals surface area contributed by atoms with E-state index < -0.39 is 10.8 Å². The lowest BCUT2D eigenvalue weighted by molar-refractivity contribution is -0.384. The molecule has 30 heavy (non-hydrogen) atoms. The summed E-state index contributed by atoms with van der Waals surface area (Å²) in [7, 11) is 0. The summed E-state index contributed by atoms with van der Waals surface area (Å²) in [5.74, 6) is -0.611. The van der Waals surface area contributed by atoms with Gasteiger partial charge < -0.3 is 15.0 Å². The topological polar surface area (TPSA) is 96.7 Å². The van der Waals surface area contributed by atoms with Gasteiger partial charge in [0.25, 0.3) is 11.6 Å². The molecule has 1 saturated heterocycles. The fraction of sp³-hybridized carbons (Fsp3) is 0.222. The van der Waals surface area contributed by atoms with E-state index in [-0.39, 0.29) is 31.4 Å². The molecule has 1 aliphatic rings. The number of rotatable bonds is 4. The minimum absolute atomic E-state index is 0.0554. The zero-order chi connectivity index (χ0) is 21.8. The highest BCUT2D eigenvalue weighted by Crippen LogP contribution is 2.32. The molecule has 1 fully saturated rings. The van der Waals surface area contributed by atoms with Crippen molar-refractivity contribution in [2.45, 2.75) is 0 Å². The molecule has 0 spiro atoms. The smallest absolute Gasteiger partial charge is 0.293 e. The van der Waals surface area contributed by atoms with Gasteiger partial charge in [0, 0.05) is 24.7 Å². The third-order valence-corrected chi connectivity index (χ3v) is 5.51. The van der Waals surface area contributed by atoms with Gasteiger partial charge in [0.05, 0.1) is 38.9 Å². The van der Waals surface area contributed by atoms with Crippen LogP contribution in [0.25, 0.3) is 0 Å². The van der Waals surface area contributed by atoms with Crippen LogP contribution in [0.3, 0.4) is 0 Å². The van der Waals surface area contributed by atoms with Crippen molar-refractivity contribution in [2.75, 3.05) is 36.5 Å². The van der Waals surface area contributed by atoms with Crippen LogP contribution < -0.4 is 15.5 Å². The maximum absolute atomic E-state index is 12.5. The van der Waals surface area contributed by atoms with Crippen LogP contribution in [0.15, 0.2) is 30.3 Å². The van der Waals surface area contributed by atoms with Crippen molar-refractivity contribution in [3.8, 4) is 0 Å². The summed E-state index contributed by atoms with van der Waals surface area (Å²) >= 11 is 23.1. The molecule has 0 bridgehead atoms. The fourth-order valence-electron chi connectivity index (χ4n) is 2.83. The van der Waals surface area contributed by atoms with Crippen LogP contribution in [0.1, 0.15) is 10.4 Å². The Morgan fingerprint density at radius 3 is 2.43 bits per heavy atom. The Morgan fingerprint density at radius 1 is 1.10 bits per heavy atom. The highest BCUT2D eigenvalue weighted by atomic mass is 35.5. The Kier molecular flexibility index (Phi) is 7.32. The second kappa shape index (κ2) is 9.76. The molecule has 0 unspecified atom stereocenters. The Hall–Kier alpha value is -2.17. The Labute approximate surface area is 192 Å². The number of ether oxygens (including phenoxy) is 1. The third-order valence-electron chi connectivity index (χ3n) is 4.27. The number of morpholine rings is 1. The number of nitrogens with zero attached hydrogens (tertiary/aromatic N) is 2. The number of anilines is 2. The molecule has 0 radical (unpaired) electrons. The second-order valence-corrected chi connectivity index (χ2v) is 7.84. The largest absolute Gasteiger partial charge is 0.378 e. The van der Waals surface area contributed by atoms with E-state index in [0.717, 1.165) is 0 Å². The molecular weight excluding hydrogens is 475 g/mol. The monoisotopic (exact) mass is 488 g/mol.